The van der Waals surface area contributed by atoms with Crippen LogP contribution in [0.5, 0.6) is 0 Å². The normalized spacial score (nSPS) is 11.5. The van der Waals surface area contributed by atoms with E-state index in [1.165, 1.54) is 19.2 Å². The Labute approximate surface area is 96.2 Å². The van der Waals surface area contributed by atoms with Crippen molar-refractivity contribution in [3.05, 3.63) is 28.0 Å². The van der Waals surface area contributed by atoms with E-state index in [0.717, 1.165) is 0 Å². The Bertz CT molecular complexity index is 476. The lowest BCUT2D eigenvalue weighted by Gasteiger charge is -2.10. The molecule has 4 nitrogen and oxygen atoms in total. The molecule has 1 rings (SSSR count). The van der Waals surface area contributed by atoms with Crippen molar-refractivity contribution in [2.75, 3.05) is 11.8 Å². The van der Waals surface area contributed by atoms with Gasteiger partial charge in [0, 0.05) is 7.05 Å². The third-order valence-electron chi connectivity index (χ3n) is 1.78. The van der Waals surface area contributed by atoms with Gasteiger partial charge in [0.25, 0.3) is 10.2 Å². The summed E-state index contributed by atoms with van der Waals surface area (Å²) in [4.78, 5) is 0. The Morgan fingerprint density at radius 3 is 2.53 bits per heavy atom. The Balaban J connectivity index is 3.12. The van der Waals surface area contributed by atoms with Crippen LogP contribution in [0.4, 0.5) is 10.1 Å². The number of aryl methyl sites for hydroxylation is 1. The number of nitrogens with one attached hydrogen (secondary N) is 2. The monoisotopic (exact) mass is 296 g/mol. The van der Waals surface area contributed by atoms with Gasteiger partial charge in [0.15, 0.2) is 0 Å². The van der Waals surface area contributed by atoms with Crippen LogP contribution in [0.25, 0.3) is 0 Å². The minimum atomic E-state index is -3.57. The highest BCUT2D eigenvalue weighted by molar-refractivity contribution is 9.10. The van der Waals surface area contributed by atoms with Crippen LogP contribution in [-0.4, -0.2) is 15.5 Å². The highest BCUT2D eigenvalue weighted by Crippen LogP contribution is 2.24. The van der Waals surface area contributed by atoms with Crippen LogP contribution < -0.4 is 9.44 Å². The molecule has 0 saturated carbocycles. The van der Waals surface area contributed by atoms with Gasteiger partial charge in [-0.05, 0) is 40.5 Å². The van der Waals surface area contributed by atoms with Gasteiger partial charge in [0.05, 0.1) is 10.2 Å². The van der Waals surface area contributed by atoms with Crippen LogP contribution >= 0.6 is 15.9 Å². The molecule has 84 valence electrons. The van der Waals surface area contributed by atoms with E-state index in [1.807, 2.05) is 0 Å². The standard InChI is InChI=1S/C8H10BrFN2O2S/c1-5-3-7(10)6(9)4-8(5)12-15(13,14)11-2/h3-4,11-12H,1-2H3. The van der Waals surface area contributed by atoms with Gasteiger partial charge in [-0.2, -0.15) is 8.42 Å². The van der Waals surface area contributed by atoms with Gasteiger partial charge >= 0.3 is 0 Å². The second kappa shape index (κ2) is 4.46. The second-order valence-corrected chi connectivity index (χ2v) is 5.36. The molecule has 15 heavy (non-hydrogen) atoms. The Morgan fingerprint density at radius 2 is 2.00 bits per heavy atom. The van der Waals surface area contributed by atoms with E-state index in [9.17, 15) is 12.8 Å². The maximum Gasteiger partial charge on any atom is 0.298 e. The quantitative estimate of drug-likeness (QED) is 0.893. The van der Waals surface area contributed by atoms with Crippen LogP contribution in [0.3, 0.4) is 0 Å². The molecule has 0 atom stereocenters. The fourth-order valence-corrected chi connectivity index (χ4v) is 1.91. The van der Waals surface area contributed by atoms with Gasteiger partial charge < -0.3 is 0 Å². The van der Waals surface area contributed by atoms with Gasteiger partial charge in [0.2, 0.25) is 0 Å². The summed E-state index contributed by atoms with van der Waals surface area (Å²) in [5.41, 5.74) is 0.840. The number of halogens is 2. The molecular weight excluding hydrogens is 287 g/mol. The summed E-state index contributed by atoms with van der Waals surface area (Å²) >= 11 is 2.98. The largest absolute Gasteiger partial charge is 0.298 e. The smallest absolute Gasteiger partial charge is 0.271 e. The van der Waals surface area contributed by atoms with Gasteiger partial charge in [-0.25, -0.2) is 9.11 Å². The fraction of sp³-hybridized carbons (Fsp3) is 0.250. The molecule has 1 aromatic rings. The average molecular weight is 297 g/mol. The molecule has 0 fully saturated rings. The summed E-state index contributed by atoms with van der Waals surface area (Å²) in [6.45, 7) is 1.61. The molecule has 0 bridgehead atoms. The van der Waals surface area contributed by atoms with Crippen molar-refractivity contribution in [3.63, 3.8) is 0 Å². The van der Waals surface area contributed by atoms with Crippen molar-refractivity contribution in [2.24, 2.45) is 0 Å². The summed E-state index contributed by atoms with van der Waals surface area (Å²) in [7, 11) is -2.28. The number of anilines is 1. The van der Waals surface area contributed by atoms with Crippen molar-refractivity contribution in [2.45, 2.75) is 6.92 Å². The number of hydrogen-bond donors (Lipinski definition) is 2. The molecule has 0 unspecified atom stereocenters. The van der Waals surface area contributed by atoms with E-state index < -0.39 is 16.0 Å². The first-order valence-electron chi connectivity index (χ1n) is 4.02. The van der Waals surface area contributed by atoms with E-state index >= 15 is 0 Å². The molecule has 0 aliphatic heterocycles. The van der Waals surface area contributed by atoms with Crippen LogP contribution in [0.15, 0.2) is 16.6 Å². The van der Waals surface area contributed by atoms with Crippen LogP contribution in [0, 0.1) is 12.7 Å². The molecule has 0 radical (unpaired) electrons. The van der Waals surface area contributed by atoms with Crippen molar-refractivity contribution in [1.82, 2.24) is 4.72 Å². The number of rotatable bonds is 3. The van der Waals surface area contributed by atoms with Crippen molar-refractivity contribution >= 4 is 31.8 Å². The van der Waals surface area contributed by atoms with Crippen LogP contribution in [-0.2, 0) is 10.2 Å². The zero-order valence-corrected chi connectivity index (χ0v) is 10.5. The first-order chi connectivity index (χ1) is 6.85. The molecule has 1 aromatic carbocycles. The summed E-state index contributed by atoms with van der Waals surface area (Å²) in [5.74, 6) is -0.431. The fourth-order valence-electron chi connectivity index (χ4n) is 0.952. The zero-order chi connectivity index (χ0) is 11.6. The molecular formula is C8H10BrFN2O2S. The van der Waals surface area contributed by atoms with Gasteiger partial charge in [0.1, 0.15) is 5.82 Å². The third kappa shape index (κ3) is 3.15. The molecule has 0 spiro atoms. The van der Waals surface area contributed by atoms with E-state index in [1.54, 1.807) is 6.92 Å². The number of hydrogen-bond acceptors (Lipinski definition) is 2. The Morgan fingerprint density at radius 1 is 1.40 bits per heavy atom. The van der Waals surface area contributed by atoms with Crippen molar-refractivity contribution in [3.8, 4) is 0 Å². The Hall–Kier alpha value is -0.660. The maximum atomic E-state index is 13.0. The van der Waals surface area contributed by atoms with Gasteiger partial charge in [-0.15, -0.1) is 0 Å². The molecule has 7 heteroatoms. The predicted molar refractivity (Wildman–Crippen MR) is 60.4 cm³/mol. The highest BCUT2D eigenvalue weighted by Gasteiger charge is 2.10. The van der Waals surface area contributed by atoms with Gasteiger partial charge in [-0.1, -0.05) is 0 Å². The van der Waals surface area contributed by atoms with E-state index in [4.69, 9.17) is 0 Å². The molecule has 2 N–H and O–H groups in total. The molecule has 0 aliphatic rings. The lowest BCUT2D eigenvalue weighted by molar-refractivity contribution is 0.593. The molecule has 0 aliphatic carbocycles. The first kappa shape index (κ1) is 12.4. The lowest BCUT2D eigenvalue weighted by atomic mass is 10.2. The Kier molecular flexibility index (Phi) is 3.69. The van der Waals surface area contributed by atoms with Crippen molar-refractivity contribution < 1.29 is 12.8 Å². The molecule has 0 saturated heterocycles. The van der Waals surface area contributed by atoms with E-state index in [2.05, 4.69) is 25.4 Å². The van der Waals surface area contributed by atoms with Crippen LogP contribution in [0.1, 0.15) is 5.56 Å². The summed E-state index contributed by atoms with van der Waals surface area (Å²) in [6, 6.07) is 2.62. The second-order valence-electron chi connectivity index (χ2n) is 2.89. The summed E-state index contributed by atoms with van der Waals surface area (Å²) < 4.78 is 40.0. The SMILES string of the molecule is CNS(=O)(=O)Nc1cc(Br)c(F)cc1C. The topological polar surface area (TPSA) is 58.2 Å². The van der Waals surface area contributed by atoms with Gasteiger partial charge in [-0.3, -0.25) is 4.72 Å². The zero-order valence-electron chi connectivity index (χ0n) is 8.14. The minimum absolute atomic E-state index is 0.210. The minimum Gasteiger partial charge on any atom is -0.271 e. The summed E-state index contributed by atoms with van der Waals surface area (Å²) in [6.07, 6.45) is 0. The molecule has 0 aromatic heterocycles. The highest BCUT2D eigenvalue weighted by atomic mass is 79.9. The third-order valence-corrected chi connectivity index (χ3v) is 3.41. The average Bonchev–Trinajstić information content (AvgIpc) is 2.14. The predicted octanol–water partition coefficient (Wildman–Crippen LogP) is 1.77. The lowest BCUT2D eigenvalue weighted by Crippen LogP contribution is -2.26. The van der Waals surface area contributed by atoms with E-state index in [0.29, 0.717) is 11.3 Å². The number of benzene rings is 1. The first-order valence-corrected chi connectivity index (χ1v) is 6.30. The molecule has 0 amide bonds. The van der Waals surface area contributed by atoms with Crippen LogP contribution in [0.2, 0.25) is 0 Å². The maximum absolute atomic E-state index is 13.0. The van der Waals surface area contributed by atoms with Crippen molar-refractivity contribution in [1.29, 1.82) is 0 Å². The molecule has 0 heterocycles. The summed E-state index contributed by atoms with van der Waals surface area (Å²) in [5, 5.41) is 0. The van der Waals surface area contributed by atoms with E-state index in [-0.39, 0.29) is 4.47 Å².